The Bertz CT molecular complexity index is 585. The Labute approximate surface area is 125 Å². The van der Waals surface area contributed by atoms with Gasteiger partial charge in [0.05, 0.1) is 11.8 Å². The molecule has 6 nitrogen and oxygen atoms in total. The van der Waals surface area contributed by atoms with Crippen LogP contribution in [-0.2, 0) is 14.4 Å². The number of aromatic nitrogens is 1. The maximum atomic E-state index is 12.4. The standard InChI is InChI=1S/C14H15N3O3S/c1-8(11(18)16-14-15-6-7-21-14)17-12(19)9-4-2-3-5-10(9)13(17)20/h2-3,6-10H,4-5H2,1H3,(H,15,16,18)/t8-,9-,10-/m0/s1. The van der Waals surface area contributed by atoms with Gasteiger partial charge < -0.3 is 5.32 Å². The Balaban J connectivity index is 1.75. The predicted octanol–water partition coefficient (Wildman–Crippen LogP) is 1.42. The van der Waals surface area contributed by atoms with Crippen LogP contribution in [0, 0.1) is 11.8 Å². The molecule has 21 heavy (non-hydrogen) atoms. The first-order valence-electron chi connectivity index (χ1n) is 6.82. The molecular weight excluding hydrogens is 290 g/mol. The minimum Gasteiger partial charge on any atom is -0.300 e. The third-order valence-corrected chi connectivity index (χ3v) is 4.66. The summed E-state index contributed by atoms with van der Waals surface area (Å²) in [6, 6.07) is -0.820. The lowest BCUT2D eigenvalue weighted by Gasteiger charge is -2.21. The fourth-order valence-electron chi connectivity index (χ4n) is 2.82. The molecule has 3 rings (SSSR count). The van der Waals surface area contributed by atoms with Gasteiger partial charge >= 0.3 is 0 Å². The number of carbonyl (C=O) groups is 3. The molecule has 1 saturated heterocycles. The van der Waals surface area contributed by atoms with Crippen molar-refractivity contribution in [2.24, 2.45) is 11.8 Å². The molecule has 3 amide bonds. The second-order valence-corrected chi connectivity index (χ2v) is 6.10. The number of carbonyl (C=O) groups excluding carboxylic acids is 3. The van der Waals surface area contributed by atoms with Gasteiger partial charge in [0.25, 0.3) is 0 Å². The smallest absolute Gasteiger partial charge is 0.249 e. The van der Waals surface area contributed by atoms with Gasteiger partial charge in [0.2, 0.25) is 17.7 Å². The van der Waals surface area contributed by atoms with Crippen LogP contribution in [0.25, 0.3) is 0 Å². The first-order chi connectivity index (χ1) is 10.1. The number of anilines is 1. The Morgan fingerprint density at radius 2 is 1.95 bits per heavy atom. The maximum Gasteiger partial charge on any atom is 0.249 e. The van der Waals surface area contributed by atoms with Crippen LogP contribution in [0.3, 0.4) is 0 Å². The van der Waals surface area contributed by atoms with Crippen molar-refractivity contribution in [3.8, 4) is 0 Å². The number of rotatable bonds is 3. The molecule has 1 aliphatic carbocycles. The van der Waals surface area contributed by atoms with Crippen LogP contribution in [0.5, 0.6) is 0 Å². The number of allylic oxidation sites excluding steroid dienone is 2. The molecule has 3 atom stereocenters. The third kappa shape index (κ3) is 2.37. The zero-order chi connectivity index (χ0) is 15.0. The Morgan fingerprint density at radius 3 is 2.48 bits per heavy atom. The maximum absolute atomic E-state index is 12.4. The number of nitrogens with zero attached hydrogens (tertiary/aromatic N) is 2. The molecule has 1 aliphatic heterocycles. The molecule has 1 aromatic rings. The van der Waals surface area contributed by atoms with Crippen molar-refractivity contribution in [2.75, 3.05) is 5.32 Å². The summed E-state index contributed by atoms with van der Waals surface area (Å²) in [5.41, 5.74) is 0. The fraction of sp³-hybridized carbons (Fsp3) is 0.429. The number of hydrogen-bond acceptors (Lipinski definition) is 5. The highest BCUT2D eigenvalue weighted by atomic mass is 32.1. The summed E-state index contributed by atoms with van der Waals surface area (Å²) in [7, 11) is 0. The molecule has 1 N–H and O–H groups in total. The summed E-state index contributed by atoms with van der Waals surface area (Å²) >= 11 is 1.29. The first-order valence-corrected chi connectivity index (χ1v) is 7.70. The van der Waals surface area contributed by atoms with Gasteiger partial charge in [-0.2, -0.15) is 0 Å². The van der Waals surface area contributed by atoms with E-state index in [1.165, 1.54) is 11.3 Å². The van der Waals surface area contributed by atoms with E-state index in [0.717, 1.165) is 4.90 Å². The molecule has 7 heteroatoms. The van der Waals surface area contributed by atoms with Gasteiger partial charge in [0.1, 0.15) is 6.04 Å². The highest BCUT2D eigenvalue weighted by molar-refractivity contribution is 7.13. The van der Waals surface area contributed by atoms with Crippen LogP contribution >= 0.6 is 11.3 Å². The topological polar surface area (TPSA) is 79.4 Å². The fourth-order valence-corrected chi connectivity index (χ4v) is 3.35. The van der Waals surface area contributed by atoms with Crippen molar-refractivity contribution in [2.45, 2.75) is 25.8 Å². The number of nitrogens with one attached hydrogen (secondary N) is 1. The normalized spacial score (nSPS) is 25.9. The summed E-state index contributed by atoms with van der Waals surface area (Å²) in [4.78, 5) is 42.0. The molecule has 1 fully saturated rings. The summed E-state index contributed by atoms with van der Waals surface area (Å²) in [6.45, 7) is 1.57. The van der Waals surface area contributed by atoms with Crippen molar-refractivity contribution < 1.29 is 14.4 Å². The molecular formula is C14H15N3O3S. The van der Waals surface area contributed by atoms with Crippen molar-refractivity contribution in [3.63, 3.8) is 0 Å². The Hall–Kier alpha value is -2.02. The highest BCUT2D eigenvalue weighted by Crippen LogP contribution is 2.36. The van der Waals surface area contributed by atoms with Gasteiger partial charge in [0.15, 0.2) is 5.13 Å². The lowest BCUT2D eigenvalue weighted by atomic mass is 9.85. The minimum atomic E-state index is -0.820. The van der Waals surface area contributed by atoms with Crippen molar-refractivity contribution in [1.82, 2.24) is 9.88 Å². The molecule has 1 aromatic heterocycles. The van der Waals surface area contributed by atoms with Gasteiger partial charge in [-0.3, -0.25) is 19.3 Å². The number of imide groups is 1. The van der Waals surface area contributed by atoms with E-state index in [4.69, 9.17) is 0 Å². The van der Waals surface area contributed by atoms with Gasteiger partial charge in [-0.15, -0.1) is 11.3 Å². The van der Waals surface area contributed by atoms with Crippen LogP contribution in [0.2, 0.25) is 0 Å². The molecule has 0 aromatic carbocycles. The number of likely N-dealkylation sites (tertiary alicyclic amines) is 1. The van der Waals surface area contributed by atoms with Crippen molar-refractivity contribution >= 4 is 34.2 Å². The largest absolute Gasteiger partial charge is 0.300 e. The highest BCUT2D eigenvalue weighted by Gasteiger charge is 2.50. The van der Waals surface area contributed by atoms with Crippen LogP contribution in [0.15, 0.2) is 23.7 Å². The van der Waals surface area contributed by atoms with E-state index in [-0.39, 0.29) is 23.7 Å². The van der Waals surface area contributed by atoms with E-state index in [0.29, 0.717) is 18.0 Å². The summed E-state index contributed by atoms with van der Waals surface area (Å²) < 4.78 is 0. The van der Waals surface area contributed by atoms with Gasteiger partial charge in [0, 0.05) is 11.6 Å². The van der Waals surface area contributed by atoms with Gasteiger partial charge in [-0.1, -0.05) is 12.2 Å². The van der Waals surface area contributed by atoms with Crippen LogP contribution in [0.1, 0.15) is 19.8 Å². The van der Waals surface area contributed by atoms with Gasteiger partial charge in [-0.05, 0) is 19.8 Å². The van der Waals surface area contributed by atoms with E-state index in [2.05, 4.69) is 10.3 Å². The molecule has 110 valence electrons. The van der Waals surface area contributed by atoms with E-state index in [1.807, 2.05) is 12.2 Å². The summed E-state index contributed by atoms with van der Waals surface area (Å²) in [5, 5.41) is 4.83. The average molecular weight is 305 g/mol. The number of fused-ring (bicyclic) bond motifs is 1. The second-order valence-electron chi connectivity index (χ2n) is 5.20. The molecule has 2 heterocycles. The van der Waals surface area contributed by atoms with Gasteiger partial charge in [-0.25, -0.2) is 4.98 Å². The zero-order valence-corrected chi connectivity index (χ0v) is 12.3. The lowest BCUT2D eigenvalue weighted by molar-refractivity contribution is -0.146. The lowest BCUT2D eigenvalue weighted by Crippen LogP contribution is -2.46. The molecule has 0 unspecified atom stereocenters. The Morgan fingerprint density at radius 1 is 1.33 bits per heavy atom. The number of amides is 3. The predicted molar refractivity (Wildman–Crippen MR) is 77.4 cm³/mol. The Kier molecular flexibility index (Phi) is 3.59. The second kappa shape index (κ2) is 5.40. The molecule has 0 radical (unpaired) electrons. The number of thiazole rings is 1. The number of hydrogen-bond donors (Lipinski definition) is 1. The molecule has 0 saturated carbocycles. The molecule has 0 spiro atoms. The third-order valence-electron chi connectivity index (χ3n) is 3.97. The van der Waals surface area contributed by atoms with Crippen molar-refractivity contribution in [3.05, 3.63) is 23.7 Å². The van der Waals surface area contributed by atoms with E-state index >= 15 is 0 Å². The van der Waals surface area contributed by atoms with E-state index < -0.39 is 11.9 Å². The molecule has 2 aliphatic rings. The van der Waals surface area contributed by atoms with Crippen LogP contribution in [0.4, 0.5) is 5.13 Å². The van der Waals surface area contributed by atoms with Crippen LogP contribution < -0.4 is 5.32 Å². The van der Waals surface area contributed by atoms with Crippen molar-refractivity contribution in [1.29, 1.82) is 0 Å². The molecule has 0 bridgehead atoms. The average Bonchev–Trinajstić information content (AvgIpc) is 3.07. The summed E-state index contributed by atoms with van der Waals surface area (Å²) in [5.74, 6) is -1.49. The summed E-state index contributed by atoms with van der Waals surface area (Å²) in [6.07, 6.45) is 6.59. The van der Waals surface area contributed by atoms with E-state index in [1.54, 1.807) is 18.5 Å². The van der Waals surface area contributed by atoms with Crippen LogP contribution in [-0.4, -0.2) is 33.6 Å². The quantitative estimate of drug-likeness (QED) is 0.676. The monoisotopic (exact) mass is 305 g/mol. The van der Waals surface area contributed by atoms with E-state index in [9.17, 15) is 14.4 Å². The zero-order valence-electron chi connectivity index (χ0n) is 11.5. The first kappa shape index (κ1) is 13.9. The minimum absolute atomic E-state index is 0.240. The SMILES string of the molecule is C[C@@H](C(=O)Nc1nccs1)N1C(=O)[C@H]2CC=CC[C@@H]2C1=O.